The summed E-state index contributed by atoms with van der Waals surface area (Å²) in [6.07, 6.45) is 2.09. The molecule has 0 aromatic heterocycles. The summed E-state index contributed by atoms with van der Waals surface area (Å²) in [7, 11) is 0. The van der Waals surface area contributed by atoms with Crippen molar-refractivity contribution in [1.82, 2.24) is 10.2 Å². The lowest BCUT2D eigenvalue weighted by atomic mass is 10.1. The third kappa shape index (κ3) is 3.74. The summed E-state index contributed by atoms with van der Waals surface area (Å²) in [6, 6.07) is 8.38. The van der Waals surface area contributed by atoms with Gasteiger partial charge in [-0.15, -0.1) is 0 Å². The summed E-state index contributed by atoms with van der Waals surface area (Å²) in [5.74, 6) is 0.0698. The van der Waals surface area contributed by atoms with Crippen LogP contribution in [0.1, 0.15) is 18.9 Å². The van der Waals surface area contributed by atoms with Crippen LogP contribution in [0.15, 0.2) is 24.3 Å². The lowest BCUT2D eigenvalue weighted by Gasteiger charge is -2.16. The van der Waals surface area contributed by atoms with E-state index in [0.29, 0.717) is 6.04 Å². The Morgan fingerprint density at radius 1 is 1.44 bits per heavy atom. The summed E-state index contributed by atoms with van der Waals surface area (Å²) in [5, 5.41) is 2.98. The van der Waals surface area contributed by atoms with Crippen LogP contribution in [0, 0.1) is 0 Å². The van der Waals surface area contributed by atoms with Gasteiger partial charge in [0.25, 0.3) is 0 Å². The van der Waals surface area contributed by atoms with Crippen molar-refractivity contribution in [2.24, 2.45) is 0 Å². The van der Waals surface area contributed by atoms with Crippen LogP contribution in [0.2, 0.25) is 0 Å². The Morgan fingerprint density at radius 3 is 2.83 bits per heavy atom. The maximum atomic E-state index is 11.0. The van der Waals surface area contributed by atoms with E-state index in [0.717, 1.165) is 38.2 Å². The highest BCUT2D eigenvalue weighted by atomic mass is 16.1. The highest BCUT2D eigenvalue weighted by Gasteiger charge is 2.22. The molecule has 1 atom stereocenters. The van der Waals surface area contributed by atoms with E-state index < -0.39 is 0 Å². The molecule has 1 saturated heterocycles. The molecular weight excluding hydrogens is 226 g/mol. The molecule has 98 valence electrons. The number of nitrogen functional groups attached to an aromatic ring is 1. The second kappa shape index (κ2) is 5.87. The fourth-order valence-corrected chi connectivity index (χ4v) is 2.41. The minimum Gasteiger partial charge on any atom is -0.399 e. The van der Waals surface area contributed by atoms with Crippen molar-refractivity contribution in [3.8, 4) is 0 Å². The van der Waals surface area contributed by atoms with E-state index in [2.05, 4.69) is 22.3 Å². The molecule has 1 fully saturated rings. The molecular formula is C14H21N3O. The van der Waals surface area contributed by atoms with E-state index in [9.17, 15) is 4.79 Å². The molecule has 1 aliphatic rings. The van der Waals surface area contributed by atoms with Crippen molar-refractivity contribution in [2.75, 3.05) is 25.4 Å². The highest BCUT2D eigenvalue weighted by Crippen LogP contribution is 2.11. The van der Waals surface area contributed by atoms with Crippen molar-refractivity contribution < 1.29 is 4.79 Å². The Bertz CT molecular complexity index is 402. The van der Waals surface area contributed by atoms with Crippen LogP contribution >= 0.6 is 0 Å². The average molecular weight is 247 g/mol. The van der Waals surface area contributed by atoms with Gasteiger partial charge in [-0.1, -0.05) is 12.1 Å². The third-order valence-corrected chi connectivity index (χ3v) is 3.38. The third-order valence-electron chi connectivity index (χ3n) is 3.38. The van der Waals surface area contributed by atoms with E-state index >= 15 is 0 Å². The summed E-state index contributed by atoms with van der Waals surface area (Å²) < 4.78 is 0. The van der Waals surface area contributed by atoms with Gasteiger partial charge < -0.3 is 16.0 Å². The van der Waals surface area contributed by atoms with E-state index in [1.54, 1.807) is 6.92 Å². The van der Waals surface area contributed by atoms with Gasteiger partial charge in [-0.25, -0.2) is 0 Å². The first-order valence-electron chi connectivity index (χ1n) is 6.47. The monoisotopic (exact) mass is 247 g/mol. The van der Waals surface area contributed by atoms with Gasteiger partial charge in [0.1, 0.15) is 0 Å². The first-order chi connectivity index (χ1) is 8.63. The zero-order valence-electron chi connectivity index (χ0n) is 10.9. The minimum absolute atomic E-state index is 0.0698. The molecule has 0 saturated carbocycles. The highest BCUT2D eigenvalue weighted by molar-refractivity contribution is 5.73. The number of nitrogens with one attached hydrogen (secondary N) is 1. The van der Waals surface area contributed by atoms with Crippen LogP contribution in [0.4, 0.5) is 5.69 Å². The number of anilines is 1. The van der Waals surface area contributed by atoms with Gasteiger partial charge >= 0.3 is 0 Å². The molecule has 1 amide bonds. The number of rotatable bonds is 4. The number of carbonyl (C=O) groups is 1. The molecule has 0 aliphatic carbocycles. The smallest absolute Gasteiger partial charge is 0.217 e. The Labute approximate surface area is 108 Å². The average Bonchev–Trinajstić information content (AvgIpc) is 2.75. The molecule has 1 aromatic carbocycles. The van der Waals surface area contributed by atoms with Gasteiger partial charge in [-0.2, -0.15) is 0 Å². The minimum atomic E-state index is 0.0698. The number of amides is 1. The van der Waals surface area contributed by atoms with E-state index in [4.69, 9.17) is 5.73 Å². The van der Waals surface area contributed by atoms with Crippen molar-refractivity contribution in [3.63, 3.8) is 0 Å². The van der Waals surface area contributed by atoms with Crippen LogP contribution in [0.5, 0.6) is 0 Å². The van der Waals surface area contributed by atoms with Gasteiger partial charge in [-0.05, 0) is 30.5 Å². The van der Waals surface area contributed by atoms with Crippen molar-refractivity contribution >= 4 is 11.6 Å². The summed E-state index contributed by atoms with van der Waals surface area (Å²) >= 11 is 0. The van der Waals surface area contributed by atoms with Crippen LogP contribution in [-0.2, 0) is 11.2 Å². The van der Waals surface area contributed by atoms with Crippen molar-refractivity contribution in [3.05, 3.63) is 29.8 Å². The Balaban J connectivity index is 1.75. The second-order valence-electron chi connectivity index (χ2n) is 4.98. The Hall–Kier alpha value is -1.55. The number of benzene rings is 1. The number of nitrogens with zero attached hydrogens (tertiary/aromatic N) is 1. The summed E-state index contributed by atoms with van der Waals surface area (Å²) in [4.78, 5) is 13.4. The van der Waals surface area contributed by atoms with E-state index in [1.165, 1.54) is 5.56 Å². The van der Waals surface area contributed by atoms with Gasteiger partial charge in [-0.3, -0.25) is 4.79 Å². The molecule has 1 aliphatic heterocycles. The van der Waals surface area contributed by atoms with Gasteiger partial charge in [0.05, 0.1) is 0 Å². The van der Waals surface area contributed by atoms with Crippen molar-refractivity contribution in [2.45, 2.75) is 25.8 Å². The number of nitrogens with two attached hydrogens (primary N) is 1. The quantitative estimate of drug-likeness (QED) is 0.781. The summed E-state index contributed by atoms with van der Waals surface area (Å²) in [5.41, 5.74) is 7.78. The first-order valence-corrected chi connectivity index (χ1v) is 6.47. The normalized spacial score (nSPS) is 19.9. The maximum absolute atomic E-state index is 11.0. The molecule has 1 unspecified atom stereocenters. The molecule has 4 heteroatoms. The van der Waals surface area contributed by atoms with Gasteiger partial charge in [0.15, 0.2) is 0 Å². The summed E-state index contributed by atoms with van der Waals surface area (Å²) in [6.45, 7) is 4.66. The zero-order valence-corrected chi connectivity index (χ0v) is 10.9. The molecule has 0 bridgehead atoms. The van der Waals surface area contributed by atoms with Gasteiger partial charge in [0.2, 0.25) is 5.91 Å². The topological polar surface area (TPSA) is 58.4 Å². The van der Waals surface area contributed by atoms with Crippen LogP contribution < -0.4 is 11.1 Å². The van der Waals surface area contributed by atoms with Gasteiger partial charge in [0, 0.05) is 38.3 Å². The predicted molar refractivity (Wildman–Crippen MR) is 73.2 cm³/mol. The number of carbonyl (C=O) groups excluding carboxylic acids is 1. The number of hydrogen-bond acceptors (Lipinski definition) is 3. The number of hydrogen-bond donors (Lipinski definition) is 2. The van der Waals surface area contributed by atoms with Crippen LogP contribution in [-0.4, -0.2) is 36.5 Å². The predicted octanol–water partition coefficient (Wildman–Crippen LogP) is 1.02. The number of likely N-dealkylation sites (tertiary alicyclic amines) is 1. The lowest BCUT2D eigenvalue weighted by Crippen LogP contribution is -2.35. The molecule has 2 rings (SSSR count). The molecule has 1 heterocycles. The molecule has 3 N–H and O–H groups in total. The lowest BCUT2D eigenvalue weighted by molar-refractivity contribution is -0.119. The molecule has 1 aromatic rings. The first kappa shape index (κ1) is 12.9. The maximum Gasteiger partial charge on any atom is 0.217 e. The molecule has 18 heavy (non-hydrogen) atoms. The molecule has 0 radical (unpaired) electrons. The Morgan fingerprint density at radius 2 is 2.17 bits per heavy atom. The van der Waals surface area contributed by atoms with Crippen LogP contribution in [0.3, 0.4) is 0 Å². The largest absolute Gasteiger partial charge is 0.399 e. The molecule has 0 spiro atoms. The van der Waals surface area contributed by atoms with E-state index in [-0.39, 0.29) is 5.91 Å². The second-order valence-corrected chi connectivity index (χ2v) is 4.98. The fraction of sp³-hybridized carbons (Fsp3) is 0.500. The van der Waals surface area contributed by atoms with Crippen LogP contribution in [0.25, 0.3) is 0 Å². The standard InChI is InChI=1S/C14H21N3O/c1-11(18)16-14-7-9-17(10-14)8-6-12-2-4-13(15)5-3-12/h2-5,14H,6-10,15H2,1H3,(H,16,18). The SMILES string of the molecule is CC(=O)NC1CCN(CCc2ccc(N)cc2)C1. The van der Waals surface area contributed by atoms with E-state index in [1.807, 2.05) is 12.1 Å². The Kier molecular flexibility index (Phi) is 4.20. The zero-order chi connectivity index (χ0) is 13.0. The fourth-order valence-electron chi connectivity index (χ4n) is 2.41. The molecule has 4 nitrogen and oxygen atoms in total. The van der Waals surface area contributed by atoms with Crippen molar-refractivity contribution in [1.29, 1.82) is 0 Å².